The summed E-state index contributed by atoms with van der Waals surface area (Å²) in [6, 6.07) is 5.94. The van der Waals surface area contributed by atoms with Crippen molar-refractivity contribution in [2.24, 2.45) is 0 Å². The highest BCUT2D eigenvalue weighted by Crippen LogP contribution is 2.19. The number of rotatable bonds is 4. The first-order valence-corrected chi connectivity index (χ1v) is 5.64. The van der Waals surface area contributed by atoms with Crippen LogP contribution in [-0.4, -0.2) is 28.4 Å². The zero-order valence-corrected chi connectivity index (χ0v) is 10.7. The Labute approximate surface area is 105 Å². The average molecular weight is 245 g/mol. The van der Waals surface area contributed by atoms with Gasteiger partial charge >= 0.3 is 0 Å². The van der Waals surface area contributed by atoms with E-state index in [0.717, 1.165) is 11.3 Å². The van der Waals surface area contributed by atoms with E-state index in [4.69, 9.17) is 4.74 Å². The van der Waals surface area contributed by atoms with Crippen molar-refractivity contribution in [2.75, 3.05) is 7.11 Å². The molecule has 0 radical (unpaired) electrons. The van der Waals surface area contributed by atoms with Crippen molar-refractivity contribution in [1.82, 2.24) is 15.0 Å². The van der Waals surface area contributed by atoms with Crippen molar-refractivity contribution in [1.29, 1.82) is 0 Å². The molecule has 1 aromatic heterocycles. The number of aldehydes is 1. The lowest BCUT2D eigenvalue weighted by molar-refractivity contribution is 0.111. The summed E-state index contributed by atoms with van der Waals surface area (Å²) >= 11 is 0. The molecule has 0 bridgehead atoms. The normalized spacial score (nSPS) is 10.6. The van der Waals surface area contributed by atoms with E-state index < -0.39 is 0 Å². The van der Waals surface area contributed by atoms with Gasteiger partial charge < -0.3 is 4.74 Å². The minimum absolute atomic E-state index is 0.300. The highest BCUT2D eigenvalue weighted by atomic mass is 16.5. The van der Waals surface area contributed by atoms with Crippen molar-refractivity contribution in [2.45, 2.75) is 20.5 Å². The van der Waals surface area contributed by atoms with Gasteiger partial charge in [-0.05, 0) is 31.0 Å². The van der Waals surface area contributed by atoms with Crippen molar-refractivity contribution >= 4 is 6.29 Å². The number of nitrogens with zero attached hydrogens (tertiary/aromatic N) is 3. The van der Waals surface area contributed by atoms with Gasteiger partial charge in [0.25, 0.3) is 0 Å². The second-order valence-corrected chi connectivity index (χ2v) is 4.10. The maximum Gasteiger partial charge on any atom is 0.172 e. The highest BCUT2D eigenvalue weighted by molar-refractivity contribution is 5.73. The standard InChI is InChI=1S/C13H15N3O2/c1-9-5-4-6-12(10(9)2)16-13(8-18-3)11(7-17)14-15-16/h4-7H,8H2,1-3H3. The average Bonchev–Trinajstić information content (AvgIpc) is 2.76. The number of carbonyl (C=O) groups excluding carboxylic acids is 1. The zero-order chi connectivity index (χ0) is 13.1. The van der Waals surface area contributed by atoms with Crippen LogP contribution >= 0.6 is 0 Å². The summed E-state index contributed by atoms with van der Waals surface area (Å²) in [6.45, 7) is 4.35. The molecule has 2 aromatic rings. The lowest BCUT2D eigenvalue weighted by atomic mass is 10.1. The van der Waals surface area contributed by atoms with Crippen LogP contribution in [0.1, 0.15) is 27.3 Å². The molecule has 18 heavy (non-hydrogen) atoms. The van der Waals surface area contributed by atoms with Gasteiger partial charge in [0.2, 0.25) is 0 Å². The SMILES string of the molecule is COCc1c(C=O)nnn1-c1cccc(C)c1C. The van der Waals surface area contributed by atoms with E-state index in [1.165, 1.54) is 5.56 Å². The van der Waals surface area contributed by atoms with Gasteiger partial charge in [-0.25, -0.2) is 4.68 Å². The van der Waals surface area contributed by atoms with Crippen molar-refractivity contribution < 1.29 is 9.53 Å². The molecule has 0 N–H and O–H groups in total. The molecule has 5 heteroatoms. The summed E-state index contributed by atoms with van der Waals surface area (Å²) in [4.78, 5) is 10.9. The molecule has 0 aliphatic rings. The van der Waals surface area contributed by atoms with Gasteiger partial charge in [0.05, 0.1) is 12.3 Å². The van der Waals surface area contributed by atoms with E-state index in [2.05, 4.69) is 10.3 Å². The molecular weight excluding hydrogens is 230 g/mol. The first kappa shape index (κ1) is 12.4. The van der Waals surface area contributed by atoms with Gasteiger partial charge in [-0.3, -0.25) is 4.79 Å². The van der Waals surface area contributed by atoms with E-state index in [0.29, 0.717) is 24.3 Å². The van der Waals surface area contributed by atoms with Gasteiger partial charge in [0, 0.05) is 7.11 Å². The maximum atomic E-state index is 10.9. The third kappa shape index (κ3) is 2.04. The van der Waals surface area contributed by atoms with Crippen LogP contribution in [0.5, 0.6) is 0 Å². The lowest BCUT2D eigenvalue weighted by Crippen LogP contribution is -2.07. The molecule has 0 unspecified atom stereocenters. The first-order valence-electron chi connectivity index (χ1n) is 5.64. The summed E-state index contributed by atoms with van der Waals surface area (Å²) in [5.41, 5.74) is 4.18. The van der Waals surface area contributed by atoms with E-state index in [9.17, 15) is 4.79 Å². The Morgan fingerprint density at radius 2 is 2.17 bits per heavy atom. The molecule has 0 atom stereocenters. The summed E-state index contributed by atoms with van der Waals surface area (Å²) in [7, 11) is 1.58. The third-order valence-electron chi connectivity index (χ3n) is 2.99. The molecule has 5 nitrogen and oxygen atoms in total. The van der Waals surface area contributed by atoms with Crippen LogP contribution in [0.2, 0.25) is 0 Å². The number of benzene rings is 1. The Kier molecular flexibility index (Phi) is 3.53. The zero-order valence-electron chi connectivity index (χ0n) is 10.7. The summed E-state index contributed by atoms with van der Waals surface area (Å²) < 4.78 is 6.76. The molecule has 94 valence electrons. The largest absolute Gasteiger partial charge is 0.378 e. The molecule has 0 spiro atoms. The fraction of sp³-hybridized carbons (Fsp3) is 0.308. The fourth-order valence-electron chi connectivity index (χ4n) is 1.84. The summed E-state index contributed by atoms with van der Waals surface area (Å²) in [6.07, 6.45) is 0.697. The Morgan fingerprint density at radius 3 is 2.83 bits per heavy atom. The maximum absolute atomic E-state index is 10.9. The first-order chi connectivity index (χ1) is 8.69. The molecule has 0 aliphatic heterocycles. The van der Waals surface area contributed by atoms with Crippen LogP contribution < -0.4 is 0 Å². The third-order valence-corrected chi connectivity index (χ3v) is 2.99. The number of ether oxygens (including phenoxy) is 1. The molecule has 0 saturated heterocycles. The van der Waals surface area contributed by atoms with Crippen LogP contribution in [0.25, 0.3) is 5.69 Å². The highest BCUT2D eigenvalue weighted by Gasteiger charge is 2.15. The number of hydrogen-bond acceptors (Lipinski definition) is 4. The summed E-state index contributed by atoms with van der Waals surface area (Å²) in [5.74, 6) is 0. The van der Waals surface area contributed by atoms with E-state index in [1.54, 1.807) is 11.8 Å². The predicted molar refractivity (Wildman–Crippen MR) is 66.9 cm³/mol. The fourth-order valence-corrected chi connectivity index (χ4v) is 1.84. The molecule has 0 aliphatic carbocycles. The van der Waals surface area contributed by atoms with Gasteiger partial charge in [-0.15, -0.1) is 5.10 Å². The second kappa shape index (κ2) is 5.10. The molecular formula is C13H15N3O2. The Bertz CT molecular complexity index is 576. The van der Waals surface area contributed by atoms with Gasteiger partial charge in [-0.2, -0.15) is 0 Å². The van der Waals surface area contributed by atoms with Crippen molar-refractivity contribution in [3.63, 3.8) is 0 Å². The topological polar surface area (TPSA) is 57.0 Å². The van der Waals surface area contributed by atoms with Crippen molar-refractivity contribution in [3.05, 3.63) is 40.7 Å². The number of methoxy groups -OCH3 is 1. The summed E-state index contributed by atoms with van der Waals surface area (Å²) in [5, 5.41) is 7.90. The molecule has 0 saturated carbocycles. The lowest BCUT2D eigenvalue weighted by Gasteiger charge is -2.10. The van der Waals surface area contributed by atoms with Crippen LogP contribution in [-0.2, 0) is 11.3 Å². The van der Waals surface area contributed by atoms with Gasteiger partial charge in [0.1, 0.15) is 5.69 Å². The molecule has 1 aromatic carbocycles. The predicted octanol–water partition coefficient (Wildman–Crippen LogP) is 1.84. The smallest absolute Gasteiger partial charge is 0.172 e. The van der Waals surface area contributed by atoms with Crippen LogP contribution in [0.15, 0.2) is 18.2 Å². The van der Waals surface area contributed by atoms with Crippen LogP contribution in [0, 0.1) is 13.8 Å². The van der Waals surface area contributed by atoms with Crippen LogP contribution in [0.4, 0.5) is 0 Å². The molecule has 0 amide bonds. The number of hydrogen-bond donors (Lipinski definition) is 0. The Balaban J connectivity index is 2.60. The number of carbonyl (C=O) groups is 1. The van der Waals surface area contributed by atoms with Gasteiger partial charge in [-0.1, -0.05) is 17.3 Å². The minimum Gasteiger partial charge on any atom is -0.378 e. The quantitative estimate of drug-likeness (QED) is 0.771. The minimum atomic E-state index is 0.300. The van der Waals surface area contributed by atoms with Crippen molar-refractivity contribution in [3.8, 4) is 5.69 Å². The number of aryl methyl sites for hydroxylation is 1. The van der Waals surface area contributed by atoms with E-state index >= 15 is 0 Å². The molecule has 2 rings (SSSR count). The monoisotopic (exact) mass is 245 g/mol. The van der Waals surface area contributed by atoms with E-state index in [-0.39, 0.29) is 0 Å². The molecule has 1 heterocycles. The van der Waals surface area contributed by atoms with Crippen LogP contribution in [0.3, 0.4) is 0 Å². The molecule has 0 fully saturated rings. The van der Waals surface area contributed by atoms with E-state index in [1.807, 2.05) is 32.0 Å². The second-order valence-electron chi connectivity index (χ2n) is 4.10. The Hall–Kier alpha value is -2.01. The van der Waals surface area contributed by atoms with Gasteiger partial charge in [0.15, 0.2) is 12.0 Å². The Morgan fingerprint density at radius 1 is 1.39 bits per heavy atom. The number of aromatic nitrogens is 3.